The van der Waals surface area contributed by atoms with Gasteiger partial charge < -0.3 is 4.42 Å². The maximum Gasteiger partial charge on any atom is 0.163 e. The van der Waals surface area contributed by atoms with Gasteiger partial charge in [0.05, 0.1) is 0 Å². The molecule has 0 N–H and O–H groups in total. The third kappa shape index (κ3) is 5.71. The van der Waals surface area contributed by atoms with Gasteiger partial charge in [-0.25, -0.2) is 15.0 Å². The minimum absolute atomic E-state index is 0.0429. The van der Waals surface area contributed by atoms with Crippen molar-refractivity contribution >= 4 is 64.6 Å². The number of benzene rings is 6. The second-order valence-corrected chi connectivity index (χ2v) is 15.7. The molecule has 0 saturated carbocycles. The van der Waals surface area contributed by atoms with E-state index in [4.69, 9.17) is 19.4 Å². The Morgan fingerprint density at radius 2 is 1.38 bits per heavy atom. The highest BCUT2D eigenvalue weighted by Gasteiger charge is 2.24. The van der Waals surface area contributed by atoms with Crippen molar-refractivity contribution in [2.75, 3.05) is 0 Å². The molecule has 9 aromatic rings. The topological polar surface area (TPSA) is 51.8 Å². The lowest BCUT2D eigenvalue weighted by molar-refractivity contribution is 0.669. The van der Waals surface area contributed by atoms with Crippen molar-refractivity contribution in [2.24, 2.45) is 0 Å². The van der Waals surface area contributed by atoms with Gasteiger partial charge in [0, 0.05) is 48.0 Å². The average Bonchev–Trinajstić information content (AvgIpc) is 3.85. The van der Waals surface area contributed by atoms with E-state index in [2.05, 4.69) is 146 Å². The molecule has 0 radical (unpaired) electrons. The number of thiophene rings is 1. The monoisotopic (exact) mass is 737 g/mol. The van der Waals surface area contributed by atoms with Gasteiger partial charge in [-0.3, -0.25) is 0 Å². The molecule has 6 aromatic carbocycles. The summed E-state index contributed by atoms with van der Waals surface area (Å²) in [5, 5.41) is 4.83. The van der Waals surface area contributed by atoms with Crippen LogP contribution in [0.15, 0.2) is 174 Å². The molecule has 1 atom stereocenters. The summed E-state index contributed by atoms with van der Waals surface area (Å²) >= 11 is 1.85. The van der Waals surface area contributed by atoms with E-state index in [1.54, 1.807) is 0 Å². The first-order chi connectivity index (χ1) is 27.7. The molecule has 4 nitrogen and oxygen atoms in total. The van der Waals surface area contributed by atoms with Crippen LogP contribution in [0.3, 0.4) is 0 Å². The number of para-hydroxylation sites is 1. The van der Waals surface area contributed by atoms with Gasteiger partial charge in [-0.1, -0.05) is 134 Å². The molecule has 0 saturated heterocycles. The standard InChI is InChI=1S/C51H35N3OS/c1-3-13-32(14-4-1)49-52-50(33-15-5-2-6-16-33)54-51(53-49)38-20-12-19-37(30-38)47-39(26-27-44-48(47)41-22-7-9-23-43(41)55-44)36-18-11-17-34(29-36)35-25-28-46-42(31-35)40-21-8-10-24-45(40)56-46/h1-5,7-15,17-19,21-31,38H,6,16,20H2. The van der Waals surface area contributed by atoms with Crippen molar-refractivity contribution in [1.29, 1.82) is 0 Å². The Morgan fingerprint density at radius 3 is 2.29 bits per heavy atom. The molecular formula is C51H35N3OS. The van der Waals surface area contributed by atoms with Crippen LogP contribution in [-0.4, -0.2) is 15.0 Å². The van der Waals surface area contributed by atoms with Gasteiger partial charge in [0.25, 0.3) is 0 Å². The molecule has 1 unspecified atom stereocenters. The molecule has 56 heavy (non-hydrogen) atoms. The Balaban J connectivity index is 1.08. The second kappa shape index (κ2) is 13.6. The molecular weight excluding hydrogens is 703 g/mol. The molecule has 2 aliphatic carbocycles. The van der Waals surface area contributed by atoms with E-state index in [1.165, 1.54) is 31.3 Å². The summed E-state index contributed by atoms with van der Waals surface area (Å²) in [6, 6.07) is 47.5. The summed E-state index contributed by atoms with van der Waals surface area (Å²) in [5.74, 6) is 2.21. The van der Waals surface area contributed by atoms with Crippen LogP contribution in [-0.2, 0) is 0 Å². The lowest BCUT2D eigenvalue weighted by Gasteiger charge is -2.20. The van der Waals surface area contributed by atoms with Crippen LogP contribution in [0.4, 0.5) is 0 Å². The molecule has 266 valence electrons. The number of allylic oxidation sites excluding steroid dienone is 8. The number of furan rings is 1. The first-order valence-corrected chi connectivity index (χ1v) is 20.1. The fraction of sp³-hybridized carbons (Fsp3) is 0.0784. The molecule has 5 heteroatoms. The SMILES string of the molecule is C1=CCCC(c2nc(-c3ccccc3)nc(C3C=C(c4c(-c5cccc(-c6ccc7sc8ccccc8c7c6)c5)ccc5oc6ccccc6c45)C=CC3)n2)=C1. The zero-order valence-electron chi connectivity index (χ0n) is 30.5. The van der Waals surface area contributed by atoms with Gasteiger partial charge in [0.15, 0.2) is 11.6 Å². The summed E-state index contributed by atoms with van der Waals surface area (Å²) in [4.78, 5) is 15.3. The molecule has 11 rings (SSSR count). The summed E-state index contributed by atoms with van der Waals surface area (Å²) in [7, 11) is 0. The van der Waals surface area contributed by atoms with Gasteiger partial charge in [-0.15, -0.1) is 11.3 Å². The quantitative estimate of drug-likeness (QED) is 0.170. The van der Waals surface area contributed by atoms with Crippen molar-refractivity contribution in [3.8, 4) is 33.6 Å². The fourth-order valence-electron chi connectivity index (χ4n) is 8.36. The van der Waals surface area contributed by atoms with Gasteiger partial charge >= 0.3 is 0 Å². The van der Waals surface area contributed by atoms with Crippen LogP contribution in [0.1, 0.15) is 42.4 Å². The van der Waals surface area contributed by atoms with Crippen LogP contribution < -0.4 is 0 Å². The average molecular weight is 738 g/mol. The largest absolute Gasteiger partial charge is 0.456 e. The maximum absolute atomic E-state index is 6.50. The molecule has 3 aromatic heterocycles. The van der Waals surface area contributed by atoms with Crippen molar-refractivity contribution < 1.29 is 4.42 Å². The third-order valence-corrected chi connectivity index (χ3v) is 12.3. The van der Waals surface area contributed by atoms with Gasteiger partial charge in [-0.05, 0) is 89.1 Å². The lowest BCUT2D eigenvalue weighted by atomic mass is 9.85. The number of hydrogen-bond acceptors (Lipinski definition) is 5. The van der Waals surface area contributed by atoms with Gasteiger partial charge in [0.2, 0.25) is 0 Å². The molecule has 2 aliphatic rings. The first-order valence-electron chi connectivity index (χ1n) is 19.3. The zero-order chi connectivity index (χ0) is 37.0. The molecule has 0 aliphatic heterocycles. The van der Waals surface area contributed by atoms with Crippen molar-refractivity contribution in [3.05, 3.63) is 187 Å². The van der Waals surface area contributed by atoms with Crippen LogP contribution in [0.5, 0.6) is 0 Å². The number of hydrogen-bond donors (Lipinski definition) is 0. The van der Waals surface area contributed by atoms with Crippen molar-refractivity contribution in [3.63, 3.8) is 0 Å². The minimum atomic E-state index is -0.0429. The van der Waals surface area contributed by atoms with Crippen LogP contribution in [0.2, 0.25) is 0 Å². The summed E-state index contributed by atoms with van der Waals surface area (Å²) in [6.07, 6.45) is 16.1. The van der Waals surface area contributed by atoms with E-state index in [0.717, 1.165) is 86.2 Å². The summed E-state index contributed by atoms with van der Waals surface area (Å²) in [5.41, 5.74) is 10.9. The van der Waals surface area contributed by atoms with Gasteiger partial charge in [0.1, 0.15) is 17.0 Å². The Bertz CT molecular complexity index is 3130. The first kappa shape index (κ1) is 32.7. The Labute approximate surface area is 328 Å². The van der Waals surface area contributed by atoms with E-state index in [1.807, 2.05) is 35.6 Å². The molecule has 0 bridgehead atoms. The van der Waals surface area contributed by atoms with Crippen molar-refractivity contribution in [2.45, 2.75) is 25.2 Å². The lowest BCUT2D eigenvalue weighted by Crippen LogP contribution is -2.10. The smallest absolute Gasteiger partial charge is 0.163 e. The zero-order valence-corrected chi connectivity index (χ0v) is 31.3. The minimum Gasteiger partial charge on any atom is -0.456 e. The number of rotatable bonds is 6. The van der Waals surface area contributed by atoms with E-state index < -0.39 is 0 Å². The fourth-order valence-corrected chi connectivity index (χ4v) is 9.45. The number of aromatic nitrogens is 3. The Kier molecular flexibility index (Phi) is 7.92. The number of fused-ring (bicyclic) bond motifs is 6. The summed E-state index contributed by atoms with van der Waals surface area (Å²) in [6.45, 7) is 0. The second-order valence-electron chi connectivity index (χ2n) is 14.6. The van der Waals surface area contributed by atoms with E-state index in [9.17, 15) is 0 Å². The number of nitrogens with zero attached hydrogens (tertiary/aromatic N) is 3. The normalized spacial score (nSPS) is 15.5. The highest BCUT2D eigenvalue weighted by Crippen LogP contribution is 2.44. The summed E-state index contributed by atoms with van der Waals surface area (Å²) < 4.78 is 9.13. The van der Waals surface area contributed by atoms with Crippen LogP contribution >= 0.6 is 11.3 Å². The van der Waals surface area contributed by atoms with E-state index >= 15 is 0 Å². The molecule has 3 heterocycles. The predicted molar refractivity (Wildman–Crippen MR) is 234 cm³/mol. The van der Waals surface area contributed by atoms with E-state index in [0.29, 0.717) is 5.82 Å². The molecule has 0 spiro atoms. The van der Waals surface area contributed by atoms with Gasteiger partial charge in [-0.2, -0.15) is 0 Å². The van der Waals surface area contributed by atoms with E-state index in [-0.39, 0.29) is 5.92 Å². The van der Waals surface area contributed by atoms with Crippen molar-refractivity contribution in [1.82, 2.24) is 15.0 Å². The highest BCUT2D eigenvalue weighted by atomic mass is 32.1. The molecule has 0 amide bonds. The predicted octanol–water partition coefficient (Wildman–Crippen LogP) is 14.0. The molecule has 0 fully saturated rings. The highest BCUT2D eigenvalue weighted by molar-refractivity contribution is 7.25. The Morgan fingerprint density at radius 1 is 0.589 bits per heavy atom. The van der Waals surface area contributed by atoms with Crippen LogP contribution in [0, 0.1) is 0 Å². The maximum atomic E-state index is 6.50. The third-order valence-electron chi connectivity index (χ3n) is 11.1. The Hall–Kier alpha value is -6.69. The van der Waals surface area contributed by atoms with Crippen LogP contribution in [0.25, 0.3) is 86.9 Å².